The number of ether oxygens (including phenoxy) is 4. The van der Waals surface area contributed by atoms with Crippen molar-refractivity contribution >= 4 is 23.2 Å². The minimum atomic E-state index is -0.202. The molecule has 4 aliphatic carbocycles. The van der Waals surface area contributed by atoms with Gasteiger partial charge in [-0.05, 0) is 190 Å². The Morgan fingerprint density at radius 3 is 1.64 bits per heavy atom. The van der Waals surface area contributed by atoms with Gasteiger partial charge in [-0.1, -0.05) is 60.7 Å². The predicted octanol–water partition coefficient (Wildman–Crippen LogP) is 12.6. The number of hydrogen-bond donors (Lipinski definition) is 2. The second-order valence-electron chi connectivity index (χ2n) is 21.5. The number of amides is 2. The molecule has 12 rings (SSSR count). The summed E-state index contributed by atoms with van der Waals surface area (Å²) in [5, 5.41) is 6.55. The van der Waals surface area contributed by atoms with Gasteiger partial charge in [0.25, 0.3) is 5.91 Å². The van der Waals surface area contributed by atoms with Crippen LogP contribution in [-0.4, -0.2) is 81.3 Å². The topological polar surface area (TPSA) is 102 Å². The summed E-state index contributed by atoms with van der Waals surface area (Å²) in [6.07, 6.45) is 11.3. The summed E-state index contributed by atoms with van der Waals surface area (Å²) < 4.78 is 24.7. The number of hydrogen-bond acceptors (Lipinski definition) is 8. The van der Waals surface area contributed by atoms with Gasteiger partial charge in [0.2, 0.25) is 5.91 Å². The molecule has 2 aliphatic heterocycles. The number of rotatable bonds is 15. The quantitative estimate of drug-likeness (QED) is 0.105. The fourth-order valence-electron chi connectivity index (χ4n) is 13.0. The summed E-state index contributed by atoms with van der Waals surface area (Å²) in [6, 6.07) is 44.6. The van der Waals surface area contributed by atoms with Crippen LogP contribution in [0, 0.1) is 23.2 Å². The zero-order valence-electron chi connectivity index (χ0n) is 42.0. The Morgan fingerprint density at radius 2 is 1.08 bits per heavy atom. The molecule has 0 atom stereocenters. The van der Waals surface area contributed by atoms with Crippen molar-refractivity contribution in [2.75, 3.05) is 58.1 Å². The first-order valence-corrected chi connectivity index (χ1v) is 26.3. The largest absolute Gasteiger partial charge is 0.497 e. The van der Waals surface area contributed by atoms with E-state index in [0.717, 1.165) is 157 Å². The first kappa shape index (κ1) is 47.7. The number of carbonyl (C=O) groups excluding carboxylic acids is 2. The molecular weight excluding hydrogens is 897 g/mol. The lowest BCUT2D eigenvalue weighted by Gasteiger charge is -2.55. The Bertz CT molecular complexity index is 2850. The Hall–Kier alpha value is -6.62. The molecule has 4 saturated carbocycles. The molecule has 2 heterocycles. The number of nitrogens with zero attached hydrogens (tertiary/aromatic N) is 2. The molecule has 0 aromatic heterocycles. The van der Waals surface area contributed by atoms with E-state index in [4.69, 9.17) is 18.9 Å². The van der Waals surface area contributed by atoms with E-state index in [-0.39, 0.29) is 29.4 Å². The van der Waals surface area contributed by atoms with Crippen LogP contribution in [-0.2, 0) is 11.3 Å². The third-order valence-corrected chi connectivity index (χ3v) is 16.3. The molecule has 6 aliphatic rings. The average molecular weight is 965 g/mol. The van der Waals surface area contributed by atoms with E-state index in [2.05, 4.69) is 82.1 Å². The molecule has 4 bridgehead atoms. The van der Waals surface area contributed by atoms with Crippen molar-refractivity contribution in [1.82, 2.24) is 9.80 Å². The van der Waals surface area contributed by atoms with Gasteiger partial charge in [-0.3, -0.25) is 14.5 Å². The van der Waals surface area contributed by atoms with Crippen molar-refractivity contribution < 1.29 is 28.5 Å². The summed E-state index contributed by atoms with van der Waals surface area (Å²) in [5.41, 5.74) is 8.83. The molecule has 6 fully saturated rings. The van der Waals surface area contributed by atoms with Crippen LogP contribution in [0.2, 0.25) is 0 Å². The van der Waals surface area contributed by atoms with E-state index in [1.165, 1.54) is 19.3 Å². The molecule has 372 valence electrons. The molecule has 10 nitrogen and oxygen atoms in total. The highest BCUT2D eigenvalue weighted by molar-refractivity contribution is 6.06. The average Bonchev–Trinajstić information content (AvgIpc) is 3.40. The molecule has 0 unspecified atom stereocenters. The van der Waals surface area contributed by atoms with Gasteiger partial charge in [0.05, 0.1) is 19.6 Å². The van der Waals surface area contributed by atoms with Crippen LogP contribution >= 0.6 is 0 Å². The summed E-state index contributed by atoms with van der Waals surface area (Å²) in [7, 11) is 5.52. The second-order valence-corrected chi connectivity index (χ2v) is 21.5. The van der Waals surface area contributed by atoms with Crippen LogP contribution in [0.25, 0.3) is 33.4 Å². The summed E-state index contributed by atoms with van der Waals surface area (Å²) in [6.45, 7) is 4.37. The molecule has 0 spiro atoms. The summed E-state index contributed by atoms with van der Waals surface area (Å²) in [5.74, 6) is 5.42. The molecule has 0 radical (unpaired) electrons. The Morgan fingerprint density at radius 1 is 0.556 bits per heavy atom. The molecule has 2 amide bonds. The Balaban J connectivity index is 0.735. The highest BCUT2D eigenvalue weighted by atomic mass is 16.5. The highest BCUT2D eigenvalue weighted by Gasteiger charge is 2.54. The smallest absolute Gasteiger partial charge is 0.255 e. The maximum absolute atomic E-state index is 14.3. The van der Waals surface area contributed by atoms with Crippen LogP contribution < -0.4 is 29.6 Å². The van der Waals surface area contributed by atoms with Gasteiger partial charge < -0.3 is 34.5 Å². The Labute approximate surface area is 425 Å². The number of benzene rings is 6. The highest BCUT2D eigenvalue weighted by Crippen LogP contribution is 2.60. The number of methoxy groups -OCH3 is 2. The van der Waals surface area contributed by atoms with Crippen molar-refractivity contribution in [3.05, 3.63) is 145 Å². The summed E-state index contributed by atoms with van der Waals surface area (Å²) in [4.78, 5) is 32.9. The number of anilines is 2. The minimum Gasteiger partial charge on any atom is -0.497 e. The fraction of sp³-hybridized carbons (Fsp3) is 0.387. The molecule has 10 heteroatoms. The Kier molecular flexibility index (Phi) is 13.8. The van der Waals surface area contributed by atoms with Crippen molar-refractivity contribution in [3.8, 4) is 56.4 Å². The molecule has 6 aromatic rings. The maximum Gasteiger partial charge on any atom is 0.255 e. The molecule has 72 heavy (non-hydrogen) atoms. The lowest BCUT2D eigenvalue weighted by molar-refractivity contribution is -0.140. The second kappa shape index (κ2) is 20.8. The summed E-state index contributed by atoms with van der Waals surface area (Å²) >= 11 is 0. The molecular formula is C62H68N4O6. The van der Waals surface area contributed by atoms with E-state index >= 15 is 0 Å². The van der Waals surface area contributed by atoms with Crippen LogP contribution in [0.4, 0.5) is 11.4 Å². The van der Waals surface area contributed by atoms with Crippen LogP contribution in [0.15, 0.2) is 133 Å². The zero-order chi connectivity index (χ0) is 49.2. The van der Waals surface area contributed by atoms with Gasteiger partial charge in [0, 0.05) is 60.8 Å². The van der Waals surface area contributed by atoms with E-state index in [0.29, 0.717) is 17.8 Å². The van der Waals surface area contributed by atoms with Gasteiger partial charge >= 0.3 is 0 Å². The lowest BCUT2D eigenvalue weighted by Crippen LogP contribution is -2.51. The van der Waals surface area contributed by atoms with Crippen molar-refractivity contribution in [2.45, 2.75) is 83.0 Å². The van der Waals surface area contributed by atoms with E-state index in [9.17, 15) is 9.59 Å². The van der Waals surface area contributed by atoms with Crippen LogP contribution in [0.3, 0.4) is 0 Å². The van der Waals surface area contributed by atoms with Gasteiger partial charge in [-0.25, -0.2) is 0 Å². The van der Waals surface area contributed by atoms with Crippen LogP contribution in [0.5, 0.6) is 23.0 Å². The zero-order valence-corrected chi connectivity index (χ0v) is 42.0. The normalized spacial score (nSPS) is 22.3. The van der Waals surface area contributed by atoms with Gasteiger partial charge in [0.1, 0.15) is 35.2 Å². The fourth-order valence-corrected chi connectivity index (χ4v) is 13.0. The van der Waals surface area contributed by atoms with Gasteiger partial charge in [-0.15, -0.1) is 0 Å². The van der Waals surface area contributed by atoms with Crippen molar-refractivity contribution in [3.63, 3.8) is 0 Å². The SMILES string of the molecule is COc1cccc(-c2cc(C(=O)Nc3cccc(-c4ccc(OC5CCN(C)CC5)cc4)c3)cc(CN3CCC(Oc4ccc(-c5cccc(NC(=O)C67CC8CC(CC(C8)C6)C7)c5)cc4)CC3)c2OC)c1. The predicted molar refractivity (Wildman–Crippen MR) is 286 cm³/mol. The molecule has 2 N–H and O–H groups in total. The maximum atomic E-state index is 14.3. The standard InChI is InChI=1S/C62H68N4O6/c1-65-25-21-55(22-26-65)71-53-17-13-44(14-18-53)46-7-4-10-51(33-46)63-60(67)49-32-50(59(70-3)58(36-49)48-9-6-12-57(35-48)69-2)40-66-27-23-56(24-28-66)72-54-19-15-45(16-20-54)47-8-5-11-52(34-47)64-61(68)62-37-41-29-42(38-62)31-43(30-41)39-62/h4-20,32-36,41-43,55-56H,21-31,37-40H2,1-3H3,(H,63,67)(H,64,68). The molecule has 6 aromatic carbocycles. The van der Waals surface area contributed by atoms with E-state index < -0.39 is 0 Å². The van der Waals surface area contributed by atoms with Gasteiger partial charge in [-0.2, -0.15) is 0 Å². The number of nitrogens with one attached hydrogen (secondary N) is 2. The number of carbonyl (C=O) groups is 2. The van der Waals surface area contributed by atoms with Gasteiger partial charge in [0.15, 0.2) is 0 Å². The van der Waals surface area contributed by atoms with Crippen molar-refractivity contribution in [1.29, 1.82) is 0 Å². The first-order valence-electron chi connectivity index (χ1n) is 26.3. The number of piperidine rings is 2. The lowest BCUT2D eigenvalue weighted by atomic mass is 9.49. The first-order chi connectivity index (χ1) is 35.1. The monoisotopic (exact) mass is 965 g/mol. The van der Waals surface area contributed by atoms with E-state index in [1.54, 1.807) is 14.2 Å². The van der Waals surface area contributed by atoms with Crippen LogP contribution in [0.1, 0.15) is 80.1 Å². The number of likely N-dealkylation sites (tertiary alicyclic amines) is 2. The van der Waals surface area contributed by atoms with E-state index in [1.807, 2.05) is 78.9 Å². The van der Waals surface area contributed by atoms with Crippen molar-refractivity contribution in [2.24, 2.45) is 23.2 Å². The molecule has 2 saturated heterocycles. The third-order valence-electron chi connectivity index (χ3n) is 16.3. The minimum absolute atomic E-state index is 0.0766. The third kappa shape index (κ3) is 10.6.